The van der Waals surface area contributed by atoms with E-state index in [-0.39, 0.29) is 18.3 Å². The molecule has 1 aliphatic heterocycles. The maximum atomic E-state index is 11.3. The van der Waals surface area contributed by atoms with Gasteiger partial charge in [0.25, 0.3) is 0 Å². The fraction of sp³-hybridized carbons (Fsp3) is 0.667. The van der Waals surface area contributed by atoms with Gasteiger partial charge in [0.05, 0.1) is 31.6 Å². The van der Waals surface area contributed by atoms with Crippen LogP contribution in [-0.2, 0) is 9.47 Å². The van der Waals surface area contributed by atoms with Gasteiger partial charge >= 0.3 is 6.09 Å². The van der Waals surface area contributed by atoms with E-state index in [1.807, 2.05) is 13.8 Å². The number of nitrogens with zero attached hydrogens (tertiary/aromatic N) is 1. The van der Waals surface area contributed by atoms with Gasteiger partial charge in [-0.25, -0.2) is 4.79 Å². The summed E-state index contributed by atoms with van der Waals surface area (Å²) in [5.41, 5.74) is 0. The first-order valence-corrected chi connectivity index (χ1v) is 4.35. The summed E-state index contributed by atoms with van der Waals surface area (Å²) in [5.74, 6) is 0. The molecule has 0 aliphatic carbocycles. The first kappa shape index (κ1) is 10.1. The van der Waals surface area contributed by atoms with E-state index in [0.717, 1.165) is 6.26 Å². The van der Waals surface area contributed by atoms with Crippen LogP contribution >= 0.6 is 0 Å². The molecule has 2 atom stereocenters. The van der Waals surface area contributed by atoms with Crippen LogP contribution in [0.5, 0.6) is 0 Å². The molecule has 0 N–H and O–H groups in total. The normalized spacial score (nSPS) is 28.3. The Bertz CT molecular complexity index is 195. The zero-order valence-corrected chi connectivity index (χ0v) is 8.03. The number of carbonyl (C=O) groups is 1. The zero-order chi connectivity index (χ0) is 9.84. The Labute approximate surface area is 78.1 Å². The van der Waals surface area contributed by atoms with Crippen molar-refractivity contribution in [3.63, 3.8) is 0 Å². The summed E-state index contributed by atoms with van der Waals surface area (Å²) in [6.07, 6.45) is 0.937. The predicted molar refractivity (Wildman–Crippen MR) is 48.3 cm³/mol. The van der Waals surface area contributed by atoms with Gasteiger partial charge in [-0.2, -0.15) is 0 Å². The first-order chi connectivity index (χ1) is 6.13. The molecule has 1 heterocycles. The predicted octanol–water partition coefficient (Wildman–Crippen LogP) is 1.38. The van der Waals surface area contributed by atoms with Crippen molar-refractivity contribution in [1.82, 2.24) is 4.90 Å². The number of amides is 1. The maximum absolute atomic E-state index is 11.3. The molecule has 2 unspecified atom stereocenters. The lowest BCUT2D eigenvalue weighted by atomic mass is 10.2. The molecule has 1 rings (SSSR count). The van der Waals surface area contributed by atoms with Gasteiger partial charge in [-0.3, -0.25) is 0 Å². The Morgan fingerprint density at radius 3 is 2.54 bits per heavy atom. The van der Waals surface area contributed by atoms with Crippen LogP contribution in [0.15, 0.2) is 12.8 Å². The Kier molecular flexibility index (Phi) is 3.31. The third-order valence-electron chi connectivity index (χ3n) is 1.86. The van der Waals surface area contributed by atoms with Crippen LogP contribution in [0.4, 0.5) is 4.79 Å². The number of carbonyl (C=O) groups excluding carboxylic acids is 1. The number of morpholine rings is 1. The maximum Gasteiger partial charge on any atom is 0.414 e. The van der Waals surface area contributed by atoms with Crippen molar-refractivity contribution in [2.75, 3.05) is 13.1 Å². The van der Waals surface area contributed by atoms with Gasteiger partial charge in [0.2, 0.25) is 0 Å². The molecule has 0 aromatic carbocycles. The number of hydrogen-bond acceptors (Lipinski definition) is 3. The molecule has 1 fully saturated rings. The number of rotatable bonds is 1. The minimum absolute atomic E-state index is 0.0705. The Morgan fingerprint density at radius 2 is 2.08 bits per heavy atom. The monoisotopic (exact) mass is 185 g/mol. The second-order valence-electron chi connectivity index (χ2n) is 3.21. The molecular formula is C9H15NO3. The van der Waals surface area contributed by atoms with Crippen molar-refractivity contribution >= 4 is 6.09 Å². The number of ether oxygens (including phenoxy) is 2. The third-order valence-corrected chi connectivity index (χ3v) is 1.86. The van der Waals surface area contributed by atoms with Gasteiger partial charge in [0.1, 0.15) is 0 Å². The van der Waals surface area contributed by atoms with E-state index in [1.54, 1.807) is 4.90 Å². The smallest absolute Gasteiger partial charge is 0.414 e. The van der Waals surface area contributed by atoms with E-state index in [2.05, 4.69) is 11.3 Å². The molecule has 0 radical (unpaired) electrons. The van der Waals surface area contributed by atoms with E-state index in [0.29, 0.717) is 13.1 Å². The van der Waals surface area contributed by atoms with Crippen molar-refractivity contribution in [1.29, 1.82) is 0 Å². The summed E-state index contributed by atoms with van der Waals surface area (Å²) in [5, 5.41) is 0. The highest BCUT2D eigenvalue weighted by atomic mass is 16.6. The van der Waals surface area contributed by atoms with Crippen LogP contribution in [0, 0.1) is 0 Å². The van der Waals surface area contributed by atoms with Crippen molar-refractivity contribution < 1.29 is 14.3 Å². The molecule has 1 amide bonds. The minimum Gasteiger partial charge on any atom is -0.419 e. The van der Waals surface area contributed by atoms with Gasteiger partial charge in [0.15, 0.2) is 0 Å². The van der Waals surface area contributed by atoms with Crippen molar-refractivity contribution in [2.24, 2.45) is 0 Å². The average Bonchev–Trinajstić information content (AvgIpc) is 2.03. The molecular weight excluding hydrogens is 170 g/mol. The number of hydrogen-bond donors (Lipinski definition) is 0. The molecule has 74 valence electrons. The fourth-order valence-electron chi connectivity index (χ4n) is 1.47. The van der Waals surface area contributed by atoms with E-state index in [4.69, 9.17) is 4.74 Å². The SMILES string of the molecule is C=COC(=O)N1CC(C)OC(C)C1. The average molecular weight is 185 g/mol. The van der Waals surface area contributed by atoms with Gasteiger partial charge < -0.3 is 14.4 Å². The molecule has 13 heavy (non-hydrogen) atoms. The van der Waals surface area contributed by atoms with E-state index < -0.39 is 0 Å². The Morgan fingerprint density at radius 1 is 1.54 bits per heavy atom. The van der Waals surface area contributed by atoms with E-state index >= 15 is 0 Å². The lowest BCUT2D eigenvalue weighted by molar-refractivity contribution is -0.0607. The highest BCUT2D eigenvalue weighted by molar-refractivity contribution is 5.68. The third kappa shape index (κ3) is 2.73. The Balaban J connectivity index is 2.49. The minimum atomic E-state index is -0.350. The van der Waals surface area contributed by atoms with Crippen molar-refractivity contribution in [2.45, 2.75) is 26.1 Å². The fourth-order valence-corrected chi connectivity index (χ4v) is 1.47. The van der Waals surface area contributed by atoms with E-state index in [1.165, 1.54) is 0 Å². The molecule has 0 aromatic heterocycles. The zero-order valence-electron chi connectivity index (χ0n) is 8.03. The van der Waals surface area contributed by atoms with Crippen LogP contribution in [0.3, 0.4) is 0 Å². The lowest BCUT2D eigenvalue weighted by Gasteiger charge is -2.34. The van der Waals surface area contributed by atoms with Crippen LogP contribution in [0.25, 0.3) is 0 Å². The van der Waals surface area contributed by atoms with Crippen LogP contribution in [0.2, 0.25) is 0 Å². The highest BCUT2D eigenvalue weighted by Crippen LogP contribution is 2.11. The molecule has 0 bridgehead atoms. The summed E-state index contributed by atoms with van der Waals surface area (Å²) in [4.78, 5) is 12.9. The molecule has 0 saturated carbocycles. The molecule has 4 nitrogen and oxygen atoms in total. The Hall–Kier alpha value is -1.03. The van der Waals surface area contributed by atoms with E-state index in [9.17, 15) is 4.79 Å². The second kappa shape index (κ2) is 4.28. The van der Waals surface area contributed by atoms with Gasteiger partial charge in [-0.05, 0) is 13.8 Å². The summed E-state index contributed by atoms with van der Waals surface area (Å²) < 4.78 is 10.1. The quantitative estimate of drug-likeness (QED) is 0.579. The van der Waals surface area contributed by atoms with Crippen LogP contribution in [-0.4, -0.2) is 36.3 Å². The molecule has 1 saturated heterocycles. The van der Waals surface area contributed by atoms with Crippen LogP contribution in [0.1, 0.15) is 13.8 Å². The van der Waals surface area contributed by atoms with Gasteiger partial charge in [-0.1, -0.05) is 6.58 Å². The molecule has 4 heteroatoms. The molecule has 0 spiro atoms. The summed E-state index contributed by atoms with van der Waals surface area (Å²) in [6, 6.07) is 0. The van der Waals surface area contributed by atoms with Crippen molar-refractivity contribution in [3.8, 4) is 0 Å². The molecule has 1 aliphatic rings. The summed E-state index contributed by atoms with van der Waals surface area (Å²) >= 11 is 0. The topological polar surface area (TPSA) is 38.8 Å². The summed E-state index contributed by atoms with van der Waals surface area (Å²) in [7, 11) is 0. The van der Waals surface area contributed by atoms with Crippen molar-refractivity contribution in [3.05, 3.63) is 12.8 Å². The van der Waals surface area contributed by atoms with Gasteiger partial charge in [0, 0.05) is 0 Å². The highest BCUT2D eigenvalue weighted by Gasteiger charge is 2.26. The van der Waals surface area contributed by atoms with Crippen LogP contribution < -0.4 is 0 Å². The standard InChI is InChI=1S/C9H15NO3/c1-4-12-9(11)10-5-7(2)13-8(3)6-10/h4,7-8H,1,5-6H2,2-3H3. The summed E-state index contributed by atoms with van der Waals surface area (Å²) in [6.45, 7) is 8.36. The van der Waals surface area contributed by atoms with Gasteiger partial charge in [-0.15, -0.1) is 0 Å². The second-order valence-corrected chi connectivity index (χ2v) is 3.21. The first-order valence-electron chi connectivity index (χ1n) is 4.35. The lowest BCUT2D eigenvalue weighted by Crippen LogP contribution is -2.48. The largest absolute Gasteiger partial charge is 0.419 e. The molecule has 0 aromatic rings.